The molecule has 1 aromatic heterocycles. The van der Waals surface area contributed by atoms with Crippen LogP contribution in [-0.2, 0) is 9.53 Å². The number of esters is 1. The quantitative estimate of drug-likeness (QED) is 0.310. The first-order valence-electron chi connectivity index (χ1n) is 9.66. The van der Waals surface area contributed by atoms with E-state index >= 15 is 0 Å². The van der Waals surface area contributed by atoms with E-state index in [9.17, 15) is 9.59 Å². The fourth-order valence-electron chi connectivity index (χ4n) is 2.66. The van der Waals surface area contributed by atoms with Crippen LogP contribution in [0.25, 0.3) is 11.3 Å². The molecule has 0 unspecified atom stereocenters. The maximum absolute atomic E-state index is 11.9. The number of hydrogen-bond donors (Lipinski definition) is 2. The van der Waals surface area contributed by atoms with Gasteiger partial charge in [-0.2, -0.15) is 5.10 Å². The lowest BCUT2D eigenvalue weighted by atomic mass is 10.1. The van der Waals surface area contributed by atoms with Crippen molar-refractivity contribution in [2.24, 2.45) is 5.10 Å². The molecule has 0 saturated carbocycles. The molecule has 0 bridgehead atoms. The molecule has 1 amide bonds. The first-order valence-corrected chi connectivity index (χ1v) is 9.66. The van der Waals surface area contributed by atoms with Gasteiger partial charge in [-0.1, -0.05) is 12.1 Å². The van der Waals surface area contributed by atoms with Crippen LogP contribution < -0.4 is 15.5 Å². The molecule has 0 aliphatic rings. The van der Waals surface area contributed by atoms with E-state index < -0.39 is 0 Å². The summed E-state index contributed by atoms with van der Waals surface area (Å²) < 4.78 is 15.8. The van der Waals surface area contributed by atoms with Crippen molar-refractivity contribution in [2.45, 2.75) is 6.92 Å². The van der Waals surface area contributed by atoms with E-state index in [0.717, 1.165) is 17.0 Å². The average molecular weight is 421 g/mol. The lowest BCUT2D eigenvalue weighted by molar-refractivity contribution is -0.119. The molecule has 0 fully saturated rings. The number of carbonyl (C=O) groups is 2. The molecule has 0 aliphatic carbocycles. The number of methoxy groups -OCH3 is 1. The Bertz CT molecular complexity index is 1040. The molecular weight excluding hydrogens is 398 g/mol. The van der Waals surface area contributed by atoms with Crippen molar-refractivity contribution in [2.75, 3.05) is 25.6 Å². The van der Waals surface area contributed by atoms with Crippen molar-refractivity contribution in [1.82, 2.24) is 5.43 Å². The second-order valence-electron chi connectivity index (χ2n) is 6.38. The van der Waals surface area contributed by atoms with Crippen molar-refractivity contribution < 1.29 is 23.5 Å². The Morgan fingerprint density at radius 1 is 1.03 bits per heavy atom. The third-order valence-corrected chi connectivity index (χ3v) is 4.23. The van der Waals surface area contributed by atoms with Gasteiger partial charge in [-0.05, 0) is 55.5 Å². The van der Waals surface area contributed by atoms with Gasteiger partial charge in [0.1, 0.15) is 17.3 Å². The molecule has 0 saturated heterocycles. The molecule has 31 heavy (non-hydrogen) atoms. The summed E-state index contributed by atoms with van der Waals surface area (Å²) in [7, 11) is 1.59. The zero-order valence-electron chi connectivity index (χ0n) is 17.3. The smallest absolute Gasteiger partial charge is 0.338 e. The summed E-state index contributed by atoms with van der Waals surface area (Å²) in [6.07, 6.45) is 1.42. The highest BCUT2D eigenvalue weighted by Crippen LogP contribution is 2.22. The SMILES string of the molecule is CCOC(=O)c1ccc(-c2ccc(/C=N/NC(=O)CNc3ccc(OC)cc3)o2)cc1. The number of ether oxygens (including phenoxy) is 2. The Balaban J connectivity index is 1.49. The van der Waals surface area contributed by atoms with Crippen LogP contribution in [0.2, 0.25) is 0 Å². The predicted molar refractivity (Wildman–Crippen MR) is 117 cm³/mol. The van der Waals surface area contributed by atoms with Gasteiger partial charge in [0.05, 0.1) is 32.0 Å². The molecule has 0 atom stereocenters. The zero-order valence-corrected chi connectivity index (χ0v) is 17.3. The number of benzene rings is 2. The Labute approximate surface area is 179 Å². The third-order valence-electron chi connectivity index (χ3n) is 4.23. The lowest BCUT2D eigenvalue weighted by Gasteiger charge is -2.06. The standard InChI is InChI=1S/C23H23N3O5/c1-3-30-23(28)17-6-4-16(5-7-17)21-13-12-20(31-21)14-25-26-22(27)15-24-18-8-10-19(29-2)11-9-18/h4-14,24H,3,15H2,1-2H3,(H,26,27)/b25-14+. The van der Waals surface area contributed by atoms with E-state index in [2.05, 4.69) is 15.8 Å². The summed E-state index contributed by atoms with van der Waals surface area (Å²) >= 11 is 0. The summed E-state index contributed by atoms with van der Waals surface area (Å²) in [5, 5.41) is 6.90. The van der Waals surface area contributed by atoms with Gasteiger partial charge in [-0.15, -0.1) is 0 Å². The average Bonchev–Trinajstić information content (AvgIpc) is 3.27. The van der Waals surface area contributed by atoms with E-state index in [1.165, 1.54) is 6.21 Å². The van der Waals surface area contributed by atoms with E-state index in [4.69, 9.17) is 13.9 Å². The molecule has 2 N–H and O–H groups in total. The van der Waals surface area contributed by atoms with E-state index in [1.54, 1.807) is 62.6 Å². The molecule has 2 aromatic carbocycles. The van der Waals surface area contributed by atoms with Crippen molar-refractivity contribution in [3.05, 3.63) is 72.0 Å². The monoisotopic (exact) mass is 421 g/mol. The van der Waals surface area contributed by atoms with Crippen LogP contribution in [0.3, 0.4) is 0 Å². The summed E-state index contributed by atoms with van der Waals surface area (Å²) in [5.41, 5.74) is 4.52. The number of anilines is 1. The second-order valence-corrected chi connectivity index (χ2v) is 6.38. The number of amides is 1. The Morgan fingerprint density at radius 2 is 1.77 bits per heavy atom. The van der Waals surface area contributed by atoms with Crippen LogP contribution in [0.4, 0.5) is 5.69 Å². The van der Waals surface area contributed by atoms with E-state index in [-0.39, 0.29) is 18.4 Å². The molecule has 160 valence electrons. The Kier molecular flexibility index (Phi) is 7.42. The van der Waals surface area contributed by atoms with Gasteiger partial charge in [0.15, 0.2) is 0 Å². The van der Waals surface area contributed by atoms with E-state index in [1.807, 2.05) is 12.1 Å². The zero-order chi connectivity index (χ0) is 22.1. The second kappa shape index (κ2) is 10.6. The fraction of sp³-hybridized carbons (Fsp3) is 0.174. The van der Waals surface area contributed by atoms with Crippen molar-refractivity contribution in [3.8, 4) is 17.1 Å². The first kappa shape index (κ1) is 21.6. The minimum Gasteiger partial charge on any atom is -0.497 e. The summed E-state index contributed by atoms with van der Waals surface area (Å²) in [6.45, 7) is 2.16. The summed E-state index contributed by atoms with van der Waals surface area (Å²) in [6, 6.07) is 17.7. The number of nitrogens with zero attached hydrogens (tertiary/aromatic N) is 1. The topological polar surface area (TPSA) is 102 Å². The van der Waals surface area contributed by atoms with Crippen LogP contribution in [0.1, 0.15) is 23.0 Å². The number of furan rings is 1. The molecular formula is C23H23N3O5. The third kappa shape index (κ3) is 6.20. The van der Waals surface area contributed by atoms with Crippen molar-refractivity contribution in [3.63, 3.8) is 0 Å². The number of hydrogen-bond acceptors (Lipinski definition) is 7. The van der Waals surface area contributed by atoms with Crippen LogP contribution in [0, 0.1) is 0 Å². The van der Waals surface area contributed by atoms with Gasteiger partial charge in [0, 0.05) is 11.3 Å². The normalized spacial score (nSPS) is 10.6. The van der Waals surface area contributed by atoms with Gasteiger partial charge in [0.2, 0.25) is 0 Å². The number of nitrogens with one attached hydrogen (secondary N) is 2. The van der Waals surface area contributed by atoms with Gasteiger partial charge < -0.3 is 19.2 Å². The largest absolute Gasteiger partial charge is 0.497 e. The molecule has 0 aliphatic heterocycles. The molecule has 8 nitrogen and oxygen atoms in total. The van der Waals surface area contributed by atoms with Gasteiger partial charge in [-0.25, -0.2) is 10.2 Å². The number of hydrazone groups is 1. The molecule has 8 heteroatoms. The van der Waals surface area contributed by atoms with Crippen LogP contribution in [-0.4, -0.2) is 38.4 Å². The van der Waals surface area contributed by atoms with Crippen LogP contribution >= 0.6 is 0 Å². The highest BCUT2D eigenvalue weighted by atomic mass is 16.5. The van der Waals surface area contributed by atoms with Crippen molar-refractivity contribution >= 4 is 23.8 Å². The first-order chi connectivity index (χ1) is 15.1. The number of rotatable bonds is 9. The summed E-state index contributed by atoms with van der Waals surface area (Å²) in [4.78, 5) is 23.6. The Morgan fingerprint density at radius 3 is 2.45 bits per heavy atom. The maximum Gasteiger partial charge on any atom is 0.338 e. The minimum atomic E-state index is -0.362. The fourth-order valence-corrected chi connectivity index (χ4v) is 2.66. The van der Waals surface area contributed by atoms with E-state index in [0.29, 0.717) is 23.7 Å². The van der Waals surface area contributed by atoms with Crippen LogP contribution in [0.5, 0.6) is 5.75 Å². The van der Waals surface area contributed by atoms with Gasteiger partial charge >= 0.3 is 5.97 Å². The summed E-state index contributed by atoms with van der Waals surface area (Å²) in [5.74, 6) is 1.18. The van der Waals surface area contributed by atoms with Gasteiger partial charge in [0.25, 0.3) is 5.91 Å². The predicted octanol–water partition coefficient (Wildman–Crippen LogP) is 3.69. The molecule has 0 spiro atoms. The van der Waals surface area contributed by atoms with Gasteiger partial charge in [-0.3, -0.25) is 4.79 Å². The van der Waals surface area contributed by atoms with Crippen LogP contribution in [0.15, 0.2) is 70.2 Å². The maximum atomic E-state index is 11.9. The highest BCUT2D eigenvalue weighted by Gasteiger charge is 2.08. The lowest BCUT2D eigenvalue weighted by Crippen LogP contribution is -2.25. The highest BCUT2D eigenvalue weighted by molar-refractivity contribution is 5.90. The Hall–Kier alpha value is -4.07. The number of carbonyl (C=O) groups excluding carboxylic acids is 2. The molecule has 0 radical (unpaired) electrons. The molecule has 1 heterocycles. The van der Waals surface area contributed by atoms with Crippen molar-refractivity contribution in [1.29, 1.82) is 0 Å². The minimum absolute atomic E-state index is 0.0693. The molecule has 3 rings (SSSR count). The molecule has 3 aromatic rings.